The lowest BCUT2D eigenvalue weighted by Crippen LogP contribution is -2.36. The van der Waals surface area contributed by atoms with Gasteiger partial charge in [0.1, 0.15) is 12.1 Å². The average molecular weight is 338 g/mol. The number of carbonyl (C=O) groups excluding carboxylic acids is 2. The minimum absolute atomic E-state index is 0.145. The fourth-order valence-corrected chi connectivity index (χ4v) is 2.56. The number of ether oxygens (including phenoxy) is 1. The summed E-state index contributed by atoms with van der Waals surface area (Å²) in [7, 11) is 1.30. The Morgan fingerprint density at radius 1 is 1.24 bits per heavy atom. The Balaban J connectivity index is 1.94. The van der Waals surface area contributed by atoms with Crippen LogP contribution in [-0.2, 0) is 16.1 Å². The van der Waals surface area contributed by atoms with Gasteiger partial charge in [0.05, 0.1) is 13.3 Å². The van der Waals surface area contributed by atoms with Crippen molar-refractivity contribution in [3.8, 4) is 0 Å². The number of benzene rings is 1. The van der Waals surface area contributed by atoms with E-state index < -0.39 is 5.97 Å². The molecule has 3 aromatic rings. The molecule has 0 N–H and O–H groups in total. The van der Waals surface area contributed by atoms with Gasteiger partial charge in [-0.3, -0.25) is 9.59 Å². The van der Waals surface area contributed by atoms with E-state index in [4.69, 9.17) is 4.74 Å². The molecule has 7 nitrogen and oxygen atoms in total. The highest BCUT2D eigenvalue weighted by atomic mass is 16.5. The van der Waals surface area contributed by atoms with E-state index in [2.05, 4.69) is 10.1 Å². The van der Waals surface area contributed by atoms with Gasteiger partial charge < -0.3 is 9.64 Å². The lowest BCUT2D eigenvalue weighted by atomic mass is 10.1. The zero-order chi connectivity index (χ0) is 17.8. The second-order valence-corrected chi connectivity index (χ2v) is 5.61. The van der Waals surface area contributed by atoms with Crippen molar-refractivity contribution >= 4 is 17.5 Å². The molecule has 1 amide bonds. The summed E-state index contributed by atoms with van der Waals surface area (Å²) in [6, 6.07) is 9.46. The van der Waals surface area contributed by atoms with Crippen LogP contribution in [0.5, 0.6) is 0 Å². The van der Waals surface area contributed by atoms with Crippen LogP contribution in [0.2, 0.25) is 0 Å². The first-order chi connectivity index (χ1) is 12.1. The molecular formula is C18H18N4O3. The van der Waals surface area contributed by atoms with Crippen LogP contribution in [0.15, 0.2) is 48.9 Å². The van der Waals surface area contributed by atoms with Crippen molar-refractivity contribution < 1.29 is 14.3 Å². The molecule has 0 fully saturated rings. The summed E-state index contributed by atoms with van der Waals surface area (Å²) in [5.41, 5.74) is 2.80. The van der Waals surface area contributed by atoms with Gasteiger partial charge in [-0.25, -0.2) is 9.50 Å². The lowest BCUT2D eigenvalue weighted by molar-refractivity contribution is -0.141. The predicted molar refractivity (Wildman–Crippen MR) is 90.9 cm³/mol. The number of hydrogen-bond acceptors (Lipinski definition) is 5. The number of amides is 1. The van der Waals surface area contributed by atoms with Gasteiger partial charge in [-0.05, 0) is 24.1 Å². The van der Waals surface area contributed by atoms with Crippen molar-refractivity contribution in [3.05, 3.63) is 65.6 Å². The number of nitrogens with zero attached hydrogens (tertiary/aromatic N) is 4. The molecule has 0 aliphatic carbocycles. The molecular weight excluding hydrogens is 320 g/mol. The van der Waals surface area contributed by atoms with E-state index in [1.165, 1.54) is 22.7 Å². The highest BCUT2D eigenvalue weighted by Gasteiger charge is 2.23. The number of aryl methyl sites for hydroxylation is 1. The number of esters is 1. The van der Waals surface area contributed by atoms with E-state index in [0.717, 1.165) is 11.1 Å². The Morgan fingerprint density at radius 3 is 2.80 bits per heavy atom. The van der Waals surface area contributed by atoms with Crippen LogP contribution in [-0.4, -0.2) is 45.0 Å². The minimum atomic E-state index is -0.480. The molecule has 2 aromatic heterocycles. The van der Waals surface area contributed by atoms with Crippen LogP contribution in [0.25, 0.3) is 5.65 Å². The topological polar surface area (TPSA) is 76.8 Å². The van der Waals surface area contributed by atoms with E-state index in [9.17, 15) is 9.59 Å². The Labute approximate surface area is 144 Å². The van der Waals surface area contributed by atoms with Crippen molar-refractivity contribution in [2.24, 2.45) is 0 Å². The predicted octanol–water partition coefficient (Wildman–Crippen LogP) is 1.85. The molecule has 3 rings (SSSR count). The van der Waals surface area contributed by atoms with Gasteiger partial charge in [0.2, 0.25) is 0 Å². The molecule has 0 radical (unpaired) electrons. The zero-order valence-corrected chi connectivity index (χ0v) is 14.0. The number of methoxy groups -OCH3 is 1. The van der Waals surface area contributed by atoms with Gasteiger partial charge >= 0.3 is 5.97 Å². The Hall–Kier alpha value is -3.22. The van der Waals surface area contributed by atoms with Crippen LogP contribution in [0.3, 0.4) is 0 Å². The fourth-order valence-electron chi connectivity index (χ4n) is 2.56. The van der Waals surface area contributed by atoms with Crippen LogP contribution in [0.1, 0.15) is 21.5 Å². The van der Waals surface area contributed by atoms with Crippen LogP contribution in [0, 0.1) is 6.92 Å². The van der Waals surface area contributed by atoms with Gasteiger partial charge in [-0.15, -0.1) is 0 Å². The molecule has 0 aliphatic heterocycles. The van der Waals surface area contributed by atoms with Crippen molar-refractivity contribution in [1.29, 1.82) is 0 Å². The average Bonchev–Trinajstić information content (AvgIpc) is 3.06. The monoisotopic (exact) mass is 338 g/mol. The number of hydrogen-bond donors (Lipinski definition) is 0. The number of rotatable bonds is 5. The molecule has 1 aromatic carbocycles. The second kappa shape index (κ2) is 7.12. The number of fused-ring (bicyclic) bond motifs is 1. The molecule has 0 saturated heterocycles. The Kier molecular flexibility index (Phi) is 4.74. The molecule has 128 valence electrons. The zero-order valence-electron chi connectivity index (χ0n) is 14.0. The molecule has 0 saturated carbocycles. The molecule has 0 spiro atoms. The van der Waals surface area contributed by atoms with Crippen molar-refractivity contribution in [3.63, 3.8) is 0 Å². The van der Waals surface area contributed by atoms with Crippen LogP contribution in [0.4, 0.5) is 0 Å². The third-order valence-corrected chi connectivity index (χ3v) is 3.97. The van der Waals surface area contributed by atoms with Gasteiger partial charge in [0, 0.05) is 18.9 Å². The maximum absolute atomic E-state index is 13.0. The summed E-state index contributed by atoms with van der Waals surface area (Å²) in [5, 5.41) is 4.14. The van der Waals surface area contributed by atoms with E-state index in [-0.39, 0.29) is 12.5 Å². The molecule has 0 bridgehead atoms. The first-order valence-electron chi connectivity index (χ1n) is 7.79. The first-order valence-corrected chi connectivity index (χ1v) is 7.79. The van der Waals surface area contributed by atoms with Crippen molar-refractivity contribution in [2.45, 2.75) is 13.5 Å². The maximum Gasteiger partial charge on any atom is 0.325 e. The molecule has 0 unspecified atom stereocenters. The SMILES string of the molecule is COC(=O)CN(Cc1ccccc1C)C(=O)c1cnn2cccnc12. The Bertz CT molecular complexity index is 919. The summed E-state index contributed by atoms with van der Waals surface area (Å²) in [5.74, 6) is -0.797. The highest BCUT2D eigenvalue weighted by Crippen LogP contribution is 2.15. The van der Waals surface area contributed by atoms with E-state index in [1.807, 2.05) is 31.2 Å². The summed E-state index contributed by atoms with van der Waals surface area (Å²) < 4.78 is 6.26. The van der Waals surface area contributed by atoms with Gasteiger partial charge in [0.25, 0.3) is 5.91 Å². The minimum Gasteiger partial charge on any atom is -0.468 e. The standard InChI is InChI=1S/C18H18N4O3/c1-13-6-3-4-7-14(13)11-21(12-16(23)25-2)18(24)15-10-20-22-9-5-8-19-17(15)22/h3-10H,11-12H2,1-2H3. The van der Waals surface area contributed by atoms with E-state index in [1.54, 1.807) is 18.5 Å². The molecule has 2 heterocycles. The van der Waals surface area contributed by atoms with Crippen molar-refractivity contribution in [2.75, 3.05) is 13.7 Å². The summed E-state index contributed by atoms with van der Waals surface area (Å²) in [6.07, 6.45) is 4.78. The largest absolute Gasteiger partial charge is 0.468 e. The Morgan fingerprint density at radius 2 is 2.04 bits per heavy atom. The van der Waals surface area contributed by atoms with E-state index in [0.29, 0.717) is 17.8 Å². The number of aromatic nitrogens is 3. The summed E-state index contributed by atoms with van der Waals surface area (Å²) in [6.45, 7) is 2.12. The van der Waals surface area contributed by atoms with Crippen molar-refractivity contribution in [1.82, 2.24) is 19.5 Å². The molecule has 0 aliphatic rings. The smallest absolute Gasteiger partial charge is 0.325 e. The molecule has 0 atom stereocenters. The van der Waals surface area contributed by atoms with Crippen LogP contribution < -0.4 is 0 Å². The first kappa shape index (κ1) is 16.6. The second-order valence-electron chi connectivity index (χ2n) is 5.61. The summed E-state index contributed by atoms with van der Waals surface area (Å²) >= 11 is 0. The highest BCUT2D eigenvalue weighted by molar-refractivity contribution is 6.00. The van der Waals surface area contributed by atoms with Gasteiger partial charge in [0.15, 0.2) is 5.65 Å². The fraction of sp³-hybridized carbons (Fsp3) is 0.222. The third-order valence-electron chi connectivity index (χ3n) is 3.97. The van der Waals surface area contributed by atoms with Gasteiger partial charge in [-0.1, -0.05) is 24.3 Å². The molecule has 7 heteroatoms. The quantitative estimate of drug-likeness (QED) is 0.664. The summed E-state index contributed by atoms with van der Waals surface area (Å²) in [4.78, 5) is 30.4. The van der Waals surface area contributed by atoms with Crippen LogP contribution >= 0.6 is 0 Å². The lowest BCUT2D eigenvalue weighted by Gasteiger charge is -2.22. The number of carbonyl (C=O) groups is 2. The van der Waals surface area contributed by atoms with Gasteiger partial charge in [-0.2, -0.15) is 5.10 Å². The normalized spacial score (nSPS) is 10.6. The molecule has 25 heavy (non-hydrogen) atoms. The maximum atomic E-state index is 13.0. The third kappa shape index (κ3) is 3.50. The van der Waals surface area contributed by atoms with E-state index >= 15 is 0 Å².